The van der Waals surface area contributed by atoms with Crippen LogP contribution in [0.15, 0.2) is 35.0 Å². The lowest BCUT2D eigenvalue weighted by molar-refractivity contribution is 0.0947. The Morgan fingerprint density at radius 1 is 1.42 bits per heavy atom. The fourth-order valence-electron chi connectivity index (χ4n) is 2.02. The van der Waals surface area contributed by atoms with Crippen molar-refractivity contribution < 1.29 is 9.53 Å². The molecule has 1 aliphatic heterocycles. The zero-order valence-corrected chi connectivity index (χ0v) is 11.1. The highest BCUT2D eigenvalue weighted by Gasteiger charge is 2.18. The van der Waals surface area contributed by atoms with Crippen molar-refractivity contribution in [1.82, 2.24) is 5.32 Å². The summed E-state index contributed by atoms with van der Waals surface area (Å²) in [7, 11) is 0. The number of amides is 1. The molecule has 0 saturated carbocycles. The summed E-state index contributed by atoms with van der Waals surface area (Å²) in [6.45, 7) is 1.90. The van der Waals surface area contributed by atoms with Crippen molar-refractivity contribution in [3.63, 3.8) is 0 Å². The summed E-state index contributed by atoms with van der Waals surface area (Å²) < 4.78 is 5.59. The molecule has 0 radical (unpaired) electrons. The Balaban J connectivity index is 1.76. The third kappa shape index (κ3) is 2.56. The van der Waals surface area contributed by atoms with Crippen LogP contribution in [0, 0.1) is 0 Å². The molecule has 2 aromatic rings. The highest BCUT2D eigenvalue weighted by atomic mass is 32.1. The van der Waals surface area contributed by atoms with Gasteiger partial charge in [0.15, 0.2) is 5.75 Å². The molecule has 1 aliphatic rings. The van der Waals surface area contributed by atoms with Gasteiger partial charge in [-0.1, -0.05) is 6.07 Å². The second-order valence-corrected chi connectivity index (χ2v) is 5.05. The molecule has 2 N–H and O–H groups in total. The fourth-order valence-corrected chi connectivity index (χ4v) is 2.69. The van der Waals surface area contributed by atoms with Gasteiger partial charge in [-0.25, -0.2) is 0 Å². The van der Waals surface area contributed by atoms with Gasteiger partial charge in [-0.05, 0) is 34.5 Å². The van der Waals surface area contributed by atoms with Crippen LogP contribution < -0.4 is 15.4 Å². The molecule has 1 aromatic carbocycles. The first-order valence-electron chi connectivity index (χ1n) is 6.13. The number of fused-ring (bicyclic) bond motifs is 1. The van der Waals surface area contributed by atoms with Gasteiger partial charge < -0.3 is 15.4 Å². The van der Waals surface area contributed by atoms with Crippen molar-refractivity contribution in [3.05, 3.63) is 46.2 Å². The van der Waals surface area contributed by atoms with Crippen LogP contribution in [0.5, 0.6) is 5.75 Å². The summed E-state index contributed by atoms with van der Waals surface area (Å²) in [4.78, 5) is 12.2. The number of carbonyl (C=O) groups is 1. The van der Waals surface area contributed by atoms with Gasteiger partial charge in [0.2, 0.25) is 0 Å². The third-order valence-corrected chi connectivity index (χ3v) is 3.69. The van der Waals surface area contributed by atoms with Gasteiger partial charge in [-0.3, -0.25) is 4.79 Å². The highest BCUT2D eigenvalue weighted by molar-refractivity contribution is 7.07. The molecule has 98 valence electrons. The van der Waals surface area contributed by atoms with Crippen molar-refractivity contribution in [2.75, 3.05) is 18.5 Å². The lowest BCUT2D eigenvalue weighted by atomic mass is 10.1. The number of nitrogens with one attached hydrogen (secondary N) is 2. The summed E-state index contributed by atoms with van der Waals surface area (Å²) >= 11 is 1.62. The minimum atomic E-state index is -0.105. The Bertz CT molecular complexity index is 581. The molecule has 0 unspecified atom stereocenters. The van der Waals surface area contributed by atoms with Gasteiger partial charge in [0.1, 0.15) is 6.61 Å². The summed E-state index contributed by atoms with van der Waals surface area (Å²) in [5, 5.41) is 10.2. The summed E-state index contributed by atoms with van der Waals surface area (Å²) in [6, 6.07) is 7.57. The van der Waals surface area contributed by atoms with Gasteiger partial charge in [-0.2, -0.15) is 11.3 Å². The normalized spacial score (nSPS) is 13.1. The Morgan fingerprint density at radius 2 is 2.37 bits per heavy atom. The highest BCUT2D eigenvalue weighted by Crippen LogP contribution is 2.31. The largest absolute Gasteiger partial charge is 0.489 e. The predicted molar refractivity (Wildman–Crippen MR) is 75.9 cm³/mol. The molecule has 1 amide bonds. The maximum atomic E-state index is 12.2. The molecule has 4 nitrogen and oxygen atoms in total. The number of ether oxygens (including phenoxy) is 1. The Kier molecular flexibility index (Phi) is 3.37. The van der Waals surface area contributed by atoms with E-state index in [1.807, 2.05) is 29.0 Å². The monoisotopic (exact) mass is 274 g/mol. The van der Waals surface area contributed by atoms with Gasteiger partial charge in [-0.15, -0.1) is 0 Å². The number of carbonyl (C=O) groups excluding carboxylic acids is 1. The zero-order valence-electron chi connectivity index (χ0n) is 10.3. The van der Waals surface area contributed by atoms with E-state index in [0.717, 1.165) is 17.8 Å². The van der Waals surface area contributed by atoms with Gasteiger partial charge in [0.05, 0.1) is 11.3 Å². The van der Waals surface area contributed by atoms with E-state index in [1.54, 1.807) is 17.4 Å². The SMILES string of the molecule is O=C(NCc1ccsc1)c1cccc2c1OCCN2. The Morgan fingerprint density at radius 3 is 3.21 bits per heavy atom. The second-order valence-electron chi connectivity index (χ2n) is 4.27. The number of thiophene rings is 1. The molecule has 3 rings (SSSR count). The number of hydrogen-bond acceptors (Lipinski definition) is 4. The number of rotatable bonds is 3. The fraction of sp³-hybridized carbons (Fsp3) is 0.214. The van der Waals surface area contributed by atoms with E-state index < -0.39 is 0 Å². The first-order valence-corrected chi connectivity index (χ1v) is 7.08. The smallest absolute Gasteiger partial charge is 0.255 e. The number of benzene rings is 1. The number of para-hydroxylation sites is 1. The van der Waals surface area contributed by atoms with Crippen LogP contribution in [0.3, 0.4) is 0 Å². The summed E-state index contributed by atoms with van der Waals surface area (Å²) in [5.74, 6) is 0.545. The molecular formula is C14H14N2O2S. The molecule has 0 bridgehead atoms. The van der Waals surface area contributed by atoms with Crippen LogP contribution in [0.4, 0.5) is 5.69 Å². The molecule has 5 heteroatoms. The molecule has 0 atom stereocenters. The van der Waals surface area contributed by atoms with Crippen molar-refractivity contribution in [2.24, 2.45) is 0 Å². The average Bonchev–Trinajstić information content (AvgIpc) is 2.97. The van der Waals surface area contributed by atoms with Gasteiger partial charge >= 0.3 is 0 Å². The predicted octanol–water partition coefficient (Wildman–Crippen LogP) is 2.48. The molecule has 0 fully saturated rings. The lowest BCUT2D eigenvalue weighted by Crippen LogP contribution is -2.26. The van der Waals surface area contributed by atoms with Crippen LogP contribution in [-0.4, -0.2) is 19.1 Å². The van der Waals surface area contributed by atoms with Crippen LogP contribution >= 0.6 is 11.3 Å². The van der Waals surface area contributed by atoms with E-state index >= 15 is 0 Å². The van der Waals surface area contributed by atoms with E-state index in [2.05, 4.69) is 10.6 Å². The van der Waals surface area contributed by atoms with E-state index in [-0.39, 0.29) is 5.91 Å². The van der Waals surface area contributed by atoms with Crippen molar-refractivity contribution in [3.8, 4) is 5.75 Å². The summed E-state index contributed by atoms with van der Waals surface area (Å²) in [6.07, 6.45) is 0. The molecule has 0 saturated heterocycles. The first-order chi connectivity index (χ1) is 9.34. The van der Waals surface area contributed by atoms with Crippen LogP contribution in [-0.2, 0) is 6.54 Å². The van der Waals surface area contributed by atoms with E-state index in [9.17, 15) is 4.79 Å². The number of anilines is 1. The van der Waals surface area contributed by atoms with Crippen molar-refractivity contribution in [1.29, 1.82) is 0 Å². The standard InChI is InChI=1S/C14H14N2O2S/c17-14(16-8-10-4-7-19-9-10)11-2-1-3-12-13(11)18-6-5-15-12/h1-4,7,9,15H,5-6,8H2,(H,16,17). The second kappa shape index (κ2) is 5.32. The first kappa shape index (κ1) is 12.0. The Labute approximate surface area is 115 Å². The van der Waals surface area contributed by atoms with Crippen LogP contribution in [0.2, 0.25) is 0 Å². The minimum absolute atomic E-state index is 0.105. The zero-order chi connectivity index (χ0) is 13.1. The molecule has 19 heavy (non-hydrogen) atoms. The number of hydrogen-bond donors (Lipinski definition) is 2. The quantitative estimate of drug-likeness (QED) is 0.904. The maximum absolute atomic E-state index is 12.2. The topological polar surface area (TPSA) is 50.4 Å². The molecule has 0 aliphatic carbocycles. The maximum Gasteiger partial charge on any atom is 0.255 e. The van der Waals surface area contributed by atoms with Crippen LogP contribution in [0.25, 0.3) is 0 Å². The Hall–Kier alpha value is -2.01. The van der Waals surface area contributed by atoms with Crippen LogP contribution in [0.1, 0.15) is 15.9 Å². The molecular weight excluding hydrogens is 260 g/mol. The lowest BCUT2D eigenvalue weighted by Gasteiger charge is -2.21. The molecule has 0 spiro atoms. The van der Waals surface area contributed by atoms with E-state index in [1.165, 1.54) is 0 Å². The third-order valence-electron chi connectivity index (χ3n) is 2.96. The minimum Gasteiger partial charge on any atom is -0.489 e. The molecule has 2 heterocycles. The van der Waals surface area contributed by atoms with Gasteiger partial charge in [0, 0.05) is 13.1 Å². The van der Waals surface area contributed by atoms with E-state index in [0.29, 0.717) is 24.5 Å². The van der Waals surface area contributed by atoms with Crippen molar-refractivity contribution >= 4 is 22.9 Å². The van der Waals surface area contributed by atoms with Gasteiger partial charge in [0.25, 0.3) is 5.91 Å². The molecule has 1 aromatic heterocycles. The van der Waals surface area contributed by atoms with Crippen molar-refractivity contribution in [2.45, 2.75) is 6.54 Å². The average molecular weight is 274 g/mol. The summed E-state index contributed by atoms with van der Waals surface area (Å²) in [5.41, 5.74) is 2.58. The van der Waals surface area contributed by atoms with E-state index in [4.69, 9.17) is 4.74 Å².